The van der Waals surface area contributed by atoms with Crippen molar-refractivity contribution < 1.29 is 18.7 Å². The second kappa shape index (κ2) is 9.89. The molecule has 172 valence electrons. The number of esters is 1. The van der Waals surface area contributed by atoms with Crippen LogP contribution in [0.2, 0.25) is 5.02 Å². The van der Waals surface area contributed by atoms with Crippen molar-refractivity contribution in [2.45, 2.75) is 45.9 Å². The molecule has 0 bridgehead atoms. The van der Waals surface area contributed by atoms with Crippen LogP contribution in [0.4, 0.5) is 0 Å². The molecule has 0 fully saturated rings. The first kappa shape index (κ1) is 23.2. The summed E-state index contributed by atoms with van der Waals surface area (Å²) in [4.78, 5) is 32.4. The second-order valence-electron chi connectivity index (χ2n) is 7.90. The van der Waals surface area contributed by atoms with Gasteiger partial charge in [0.15, 0.2) is 5.17 Å². The van der Waals surface area contributed by atoms with Gasteiger partial charge in [-0.15, -0.1) is 0 Å². The molecule has 0 spiro atoms. The maximum absolute atomic E-state index is 13.1. The van der Waals surface area contributed by atoms with E-state index in [4.69, 9.17) is 20.8 Å². The number of aliphatic imine (C=N–C) groups is 1. The standard InChI is InChI=1S/C24H24ClN3O4S/c1-14(2)32-23(30)21-15(3)27-24-28(22(21)18-8-4-5-9-19(18)25)16(13-33-24)11-20(29)26-12-17-7-6-10-31-17/h4-10,13-14,22H,11-12H2,1-3H3,(H,26,29)/t22-/m0/s1. The Balaban J connectivity index is 1.65. The van der Waals surface area contributed by atoms with Crippen LogP contribution in [0.1, 0.15) is 44.6 Å². The van der Waals surface area contributed by atoms with Crippen LogP contribution >= 0.6 is 23.4 Å². The minimum absolute atomic E-state index is 0.110. The summed E-state index contributed by atoms with van der Waals surface area (Å²) in [5, 5.41) is 5.96. The summed E-state index contributed by atoms with van der Waals surface area (Å²) in [6.45, 7) is 5.69. The van der Waals surface area contributed by atoms with Crippen molar-refractivity contribution in [1.29, 1.82) is 0 Å². The average Bonchev–Trinajstić information content (AvgIpc) is 3.41. The fourth-order valence-electron chi connectivity index (χ4n) is 3.73. The lowest BCUT2D eigenvalue weighted by molar-refractivity contribution is -0.143. The van der Waals surface area contributed by atoms with Gasteiger partial charge in [0, 0.05) is 10.7 Å². The second-order valence-corrected chi connectivity index (χ2v) is 9.15. The molecule has 2 aliphatic rings. The van der Waals surface area contributed by atoms with Gasteiger partial charge < -0.3 is 19.4 Å². The Morgan fingerprint density at radius 1 is 1.27 bits per heavy atom. The van der Waals surface area contributed by atoms with Crippen LogP contribution in [0.25, 0.3) is 0 Å². The zero-order valence-electron chi connectivity index (χ0n) is 18.5. The Morgan fingerprint density at radius 2 is 2.06 bits per heavy atom. The smallest absolute Gasteiger partial charge is 0.338 e. The van der Waals surface area contributed by atoms with E-state index in [0.29, 0.717) is 33.8 Å². The number of rotatable bonds is 7. The van der Waals surface area contributed by atoms with E-state index in [-0.39, 0.29) is 18.4 Å². The van der Waals surface area contributed by atoms with E-state index in [1.807, 2.05) is 28.5 Å². The number of amides is 1. The molecule has 0 saturated carbocycles. The number of hydrogen-bond donors (Lipinski definition) is 1. The monoisotopic (exact) mass is 485 g/mol. The first-order valence-electron chi connectivity index (χ1n) is 10.5. The van der Waals surface area contributed by atoms with Crippen LogP contribution in [0.3, 0.4) is 0 Å². The van der Waals surface area contributed by atoms with Crippen molar-refractivity contribution in [3.63, 3.8) is 0 Å². The molecule has 0 unspecified atom stereocenters. The number of carbonyl (C=O) groups excluding carboxylic acids is 2. The fourth-order valence-corrected chi connectivity index (χ4v) is 4.93. The highest BCUT2D eigenvalue weighted by Gasteiger charge is 2.42. The van der Waals surface area contributed by atoms with Gasteiger partial charge in [0.2, 0.25) is 5.91 Å². The number of halogens is 1. The van der Waals surface area contributed by atoms with Crippen molar-refractivity contribution in [2.24, 2.45) is 4.99 Å². The predicted molar refractivity (Wildman–Crippen MR) is 128 cm³/mol. The van der Waals surface area contributed by atoms with Crippen LogP contribution in [-0.4, -0.2) is 28.0 Å². The van der Waals surface area contributed by atoms with Crippen molar-refractivity contribution >= 4 is 40.4 Å². The van der Waals surface area contributed by atoms with Crippen LogP contribution in [0, 0.1) is 0 Å². The number of nitrogens with zero attached hydrogens (tertiary/aromatic N) is 2. The largest absolute Gasteiger partial charge is 0.467 e. The molecule has 1 atom stereocenters. The van der Waals surface area contributed by atoms with Gasteiger partial charge in [0.1, 0.15) is 5.76 Å². The molecule has 3 heterocycles. The molecule has 2 aliphatic heterocycles. The van der Waals surface area contributed by atoms with E-state index in [1.54, 1.807) is 45.2 Å². The SMILES string of the molecule is CC1=C(C(=O)OC(C)C)[C@H](c2ccccc2Cl)N2C(CC(=O)NCc3ccco3)=CSC2=N1. The van der Waals surface area contributed by atoms with Gasteiger partial charge in [0.05, 0.1) is 42.6 Å². The van der Waals surface area contributed by atoms with Gasteiger partial charge in [-0.25, -0.2) is 9.79 Å². The van der Waals surface area contributed by atoms with Crippen LogP contribution in [0.5, 0.6) is 0 Å². The van der Waals surface area contributed by atoms with Gasteiger partial charge in [-0.05, 0) is 49.9 Å². The maximum atomic E-state index is 13.1. The molecule has 1 aromatic heterocycles. The van der Waals surface area contributed by atoms with Gasteiger partial charge in [-0.1, -0.05) is 41.6 Å². The lowest BCUT2D eigenvalue weighted by Gasteiger charge is -2.36. The number of hydrogen-bond acceptors (Lipinski definition) is 7. The highest BCUT2D eigenvalue weighted by atomic mass is 35.5. The molecule has 1 amide bonds. The number of carbonyl (C=O) groups is 2. The van der Waals surface area contributed by atoms with E-state index >= 15 is 0 Å². The van der Waals surface area contributed by atoms with Gasteiger partial charge in [-0.3, -0.25) is 4.79 Å². The average molecular weight is 486 g/mol. The minimum atomic E-state index is -0.559. The summed E-state index contributed by atoms with van der Waals surface area (Å²) in [7, 11) is 0. The third-order valence-corrected chi connectivity index (χ3v) is 6.38. The summed E-state index contributed by atoms with van der Waals surface area (Å²) in [6.07, 6.45) is 1.39. The third-order valence-electron chi connectivity index (χ3n) is 5.14. The predicted octanol–water partition coefficient (Wildman–Crippen LogP) is 5.17. The molecular weight excluding hydrogens is 462 g/mol. The quantitative estimate of drug-likeness (QED) is 0.545. The molecule has 0 radical (unpaired) electrons. The summed E-state index contributed by atoms with van der Waals surface area (Å²) in [6, 6.07) is 10.4. The van der Waals surface area contributed by atoms with E-state index in [0.717, 1.165) is 11.3 Å². The zero-order valence-corrected chi connectivity index (χ0v) is 20.1. The number of benzene rings is 1. The van der Waals surface area contributed by atoms with Crippen molar-refractivity contribution in [1.82, 2.24) is 10.2 Å². The number of nitrogens with one attached hydrogen (secondary N) is 1. The van der Waals surface area contributed by atoms with Crippen LogP contribution < -0.4 is 5.32 Å². The Kier molecular flexibility index (Phi) is 6.95. The molecule has 4 rings (SSSR count). The molecule has 33 heavy (non-hydrogen) atoms. The number of ether oxygens (including phenoxy) is 1. The third kappa shape index (κ3) is 5.02. The first-order valence-corrected chi connectivity index (χ1v) is 11.8. The lowest BCUT2D eigenvalue weighted by atomic mass is 9.93. The van der Waals surface area contributed by atoms with Gasteiger partial charge in [-0.2, -0.15) is 0 Å². The molecule has 1 aromatic carbocycles. The van der Waals surface area contributed by atoms with Crippen molar-refractivity contribution in [2.75, 3.05) is 0 Å². The maximum Gasteiger partial charge on any atom is 0.338 e. The number of furan rings is 1. The summed E-state index contributed by atoms with van der Waals surface area (Å²) < 4.78 is 10.8. The summed E-state index contributed by atoms with van der Waals surface area (Å²) in [5.41, 5.74) is 2.44. The molecule has 0 aliphatic carbocycles. The van der Waals surface area contributed by atoms with Gasteiger partial charge >= 0.3 is 5.97 Å². The Labute approximate surface area is 201 Å². The lowest BCUT2D eigenvalue weighted by Crippen LogP contribution is -2.38. The highest BCUT2D eigenvalue weighted by Crippen LogP contribution is 2.46. The number of amidine groups is 1. The van der Waals surface area contributed by atoms with Crippen LogP contribution in [0.15, 0.2) is 74.4 Å². The zero-order chi connectivity index (χ0) is 23.5. The molecule has 2 aromatic rings. The Morgan fingerprint density at radius 3 is 2.76 bits per heavy atom. The highest BCUT2D eigenvalue weighted by molar-refractivity contribution is 8.16. The Hall–Kier alpha value is -2.97. The Bertz CT molecular complexity index is 1150. The minimum Gasteiger partial charge on any atom is -0.467 e. The van der Waals surface area contributed by atoms with Crippen LogP contribution in [-0.2, 0) is 20.9 Å². The molecule has 1 N–H and O–H groups in total. The summed E-state index contributed by atoms with van der Waals surface area (Å²) in [5.74, 6) is 0.0494. The number of fused-ring (bicyclic) bond motifs is 1. The van der Waals surface area contributed by atoms with E-state index in [2.05, 4.69) is 10.3 Å². The topological polar surface area (TPSA) is 84.1 Å². The summed E-state index contributed by atoms with van der Waals surface area (Å²) >= 11 is 7.99. The van der Waals surface area contributed by atoms with Gasteiger partial charge in [0.25, 0.3) is 0 Å². The molecular formula is C24H24ClN3O4S. The van der Waals surface area contributed by atoms with E-state index in [1.165, 1.54) is 11.8 Å². The molecule has 0 saturated heterocycles. The number of thioether (sulfide) groups is 1. The van der Waals surface area contributed by atoms with Crippen molar-refractivity contribution in [3.8, 4) is 0 Å². The molecule has 9 heteroatoms. The van der Waals surface area contributed by atoms with E-state index in [9.17, 15) is 9.59 Å². The first-order chi connectivity index (χ1) is 15.8. The molecule has 7 nitrogen and oxygen atoms in total. The normalized spacial score (nSPS) is 17.6. The fraction of sp³-hybridized carbons (Fsp3) is 0.292. The van der Waals surface area contributed by atoms with Crippen molar-refractivity contribution in [3.05, 3.63) is 81.4 Å². The number of allylic oxidation sites excluding steroid dienone is 1. The van der Waals surface area contributed by atoms with E-state index < -0.39 is 12.0 Å².